The van der Waals surface area contributed by atoms with Crippen LogP contribution < -0.4 is 11.1 Å². The second-order valence-corrected chi connectivity index (χ2v) is 16.6. The van der Waals surface area contributed by atoms with Gasteiger partial charge < -0.3 is 16.2 Å². The van der Waals surface area contributed by atoms with Gasteiger partial charge in [-0.3, -0.25) is 18.2 Å². The van der Waals surface area contributed by atoms with Gasteiger partial charge in [0.05, 0.1) is 27.4 Å². The van der Waals surface area contributed by atoms with Gasteiger partial charge in [0, 0.05) is 124 Å². The average Bonchev–Trinajstić information content (AvgIpc) is 3.04. The Morgan fingerprint density at radius 1 is 0.690 bits per heavy atom. The van der Waals surface area contributed by atoms with Crippen LogP contribution in [0.15, 0.2) is 94.6 Å². The molecule has 31 heteroatoms. The number of rotatable bonds is 10. The molecule has 288 valence electrons. The zero-order valence-corrected chi connectivity index (χ0v) is 42.4. The van der Waals surface area contributed by atoms with Gasteiger partial charge in [-0.1, -0.05) is 11.6 Å². The molecule has 0 atom stereocenters. The quantitative estimate of drug-likeness (QED) is 0.0341. The summed E-state index contributed by atoms with van der Waals surface area (Å²) in [5, 5.41) is 27.4. The molecule has 8 N–H and O–H groups in total. The summed E-state index contributed by atoms with van der Waals surface area (Å²) in [6.07, 6.45) is -1.04. The topological polar surface area (TPSA) is 351 Å². The van der Waals surface area contributed by atoms with Crippen molar-refractivity contribution in [3.05, 3.63) is 71.4 Å². The average molecular weight is 939 g/mol. The van der Waals surface area contributed by atoms with E-state index in [1.165, 1.54) is 31.2 Å². The third-order valence-corrected chi connectivity index (χ3v) is 11.0. The Labute approximate surface area is 421 Å². The Kier molecular flexibility index (Phi) is 19.5. The molecule has 0 saturated carbocycles. The number of halogens is 2. The summed E-state index contributed by atoms with van der Waals surface area (Å²) in [5.41, 5.74) is 2.90. The molecular weight excluding hydrogens is 919 g/mol. The van der Waals surface area contributed by atoms with Gasteiger partial charge in [-0.2, -0.15) is 48.2 Å². The molecule has 0 amide bonds. The molecule has 0 saturated heterocycles. The zero-order valence-electron chi connectivity index (χ0n) is 30.3. The maximum absolute atomic E-state index is 13.7. The van der Waals surface area contributed by atoms with Gasteiger partial charge in [0.1, 0.15) is 36.8 Å². The number of azo groups is 2. The van der Waals surface area contributed by atoms with E-state index in [1.807, 2.05) is 0 Å². The first-order chi connectivity index (χ1) is 24.9. The Hall–Kier alpha value is -1.32. The van der Waals surface area contributed by atoms with Gasteiger partial charge in [0.25, 0.3) is 40.5 Å². The molecule has 21 nitrogen and oxygen atoms in total. The van der Waals surface area contributed by atoms with E-state index in [9.17, 15) is 61.4 Å². The first-order valence-corrected chi connectivity index (χ1v) is 20.1. The van der Waals surface area contributed by atoms with Crippen LogP contribution in [0.5, 0.6) is 5.75 Å². The number of nitrogens with one attached hydrogen (secondary N) is 1. The number of nitrogen functional groups attached to an aromatic ring is 1. The van der Waals surface area contributed by atoms with Crippen LogP contribution in [0.4, 0.5) is 44.3 Å². The number of benzene rings is 4. The fourth-order valence-electron chi connectivity index (χ4n) is 4.63. The third-order valence-electron chi connectivity index (χ3n) is 7.02. The maximum atomic E-state index is 13.7. The Morgan fingerprint density at radius 3 is 1.72 bits per heavy atom. The second kappa shape index (κ2) is 20.7. The maximum Gasteiger partial charge on any atom is 0.310 e. The third kappa shape index (κ3) is 12.6. The van der Waals surface area contributed by atoms with E-state index in [1.54, 1.807) is 0 Å². The van der Waals surface area contributed by atoms with Crippen LogP contribution >= 0.6 is 11.6 Å². The minimum atomic E-state index is -5.42. The van der Waals surface area contributed by atoms with Crippen LogP contribution in [-0.4, -0.2) is 185 Å². The standard InChI is InChI=1S/C27H20ClFN8O13S4.4Na/c1-11-21(28)26(33-27(29)31-11)32-13-2-4-14(5-3-13)34-36-23-18(53(45,46)47)8-12-9-19(54(48,49)50)24(25(38)20(12)22(23)30)37-35-16-10-15(51(39,40)41)6-7-17(16)52(42,43)44;;;;/h2-10,38H,30H2,1H3,(H,31,32,33)(H,39,40,41)(H,42,43,44)(H,45,46,47)(H,48,49,50);;;;. The van der Waals surface area contributed by atoms with Crippen molar-refractivity contribution in [1.82, 2.24) is 9.97 Å². The molecule has 0 unspecified atom stereocenters. The smallest absolute Gasteiger partial charge is 0.310 e. The van der Waals surface area contributed by atoms with Crippen molar-refractivity contribution < 1.29 is 61.4 Å². The van der Waals surface area contributed by atoms with Gasteiger partial charge in [-0.15, -0.1) is 15.3 Å². The zero-order chi connectivity index (χ0) is 40.1. The van der Waals surface area contributed by atoms with Gasteiger partial charge >= 0.3 is 6.08 Å². The van der Waals surface area contributed by atoms with Crippen molar-refractivity contribution in [3.8, 4) is 5.75 Å². The SMILES string of the molecule is Cc1nc(F)nc(Nc2ccc(N=Nc3c(S(=O)(=O)O)cc4cc(S(=O)(=O)O)c(N=Nc5cc(S(=O)(=O)O)ccc5S(=O)(=O)O)c(O)c4c3N)cc2)c1Cl.[Na].[Na].[Na].[Na]. The van der Waals surface area contributed by atoms with Crippen LogP contribution in [0.2, 0.25) is 5.02 Å². The number of phenolic OH excluding ortho intramolecular Hbond substituents is 1. The molecule has 0 aliphatic carbocycles. The minimum absolute atomic E-state index is 0. The number of nitrogens with two attached hydrogens (primary N) is 1. The number of phenols is 1. The summed E-state index contributed by atoms with van der Waals surface area (Å²) in [6.45, 7) is 1.45. The van der Waals surface area contributed by atoms with Crippen molar-refractivity contribution >= 4 is 221 Å². The van der Waals surface area contributed by atoms with Crippen molar-refractivity contribution in [2.24, 2.45) is 20.5 Å². The molecule has 5 aromatic rings. The number of hydrogen-bond acceptors (Lipinski definition) is 17. The number of aromatic nitrogens is 2. The van der Waals surface area contributed by atoms with E-state index >= 15 is 0 Å². The second-order valence-electron chi connectivity index (χ2n) is 10.6. The van der Waals surface area contributed by atoms with Crippen LogP contribution in [-0.2, 0) is 40.5 Å². The fraction of sp³-hybridized carbons (Fsp3) is 0.0370. The van der Waals surface area contributed by atoms with Crippen molar-refractivity contribution in [2.45, 2.75) is 26.5 Å². The largest absolute Gasteiger partial charge is 0.505 e. The molecule has 4 aromatic carbocycles. The predicted molar refractivity (Wildman–Crippen MR) is 209 cm³/mol. The summed E-state index contributed by atoms with van der Waals surface area (Å²) in [4.78, 5) is 2.67. The van der Waals surface area contributed by atoms with Crippen molar-refractivity contribution in [2.75, 3.05) is 11.1 Å². The van der Waals surface area contributed by atoms with Crippen LogP contribution in [0.3, 0.4) is 0 Å². The first-order valence-electron chi connectivity index (χ1n) is 13.9. The van der Waals surface area contributed by atoms with E-state index in [0.29, 0.717) is 36.0 Å². The molecule has 58 heavy (non-hydrogen) atoms. The summed E-state index contributed by atoms with van der Waals surface area (Å²) in [7, 11) is -20.8. The van der Waals surface area contributed by atoms with Gasteiger partial charge in [0.2, 0.25) is 0 Å². The van der Waals surface area contributed by atoms with Crippen LogP contribution in [0, 0.1) is 13.0 Å². The first kappa shape index (κ1) is 54.7. The van der Waals surface area contributed by atoms with E-state index in [-0.39, 0.29) is 140 Å². The van der Waals surface area contributed by atoms with Gasteiger partial charge in [-0.05, 0) is 66.9 Å². The summed E-state index contributed by atoms with van der Waals surface area (Å²) in [6, 6.07) is 8.11. The van der Waals surface area contributed by atoms with E-state index in [2.05, 4.69) is 35.7 Å². The predicted octanol–water partition coefficient (Wildman–Crippen LogP) is 4.06. The van der Waals surface area contributed by atoms with Gasteiger partial charge in [-0.25, -0.2) is 4.98 Å². The van der Waals surface area contributed by atoms with Crippen molar-refractivity contribution in [3.63, 3.8) is 0 Å². The minimum Gasteiger partial charge on any atom is -0.505 e. The summed E-state index contributed by atoms with van der Waals surface area (Å²) in [5.74, 6) is -1.32. The number of hydrogen-bond donors (Lipinski definition) is 7. The molecule has 1 heterocycles. The number of aryl methyl sites for hydroxylation is 1. The van der Waals surface area contributed by atoms with Crippen LogP contribution in [0.1, 0.15) is 5.69 Å². The molecule has 0 spiro atoms. The molecule has 1 aromatic heterocycles. The van der Waals surface area contributed by atoms with E-state index in [0.717, 1.165) is 0 Å². The number of nitrogens with zero attached hydrogens (tertiary/aromatic N) is 6. The van der Waals surface area contributed by atoms with E-state index < -0.39 is 105 Å². The number of aromatic hydroxyl groups is 1. The monoisotopic (exact) mass is 938 g/mol. The molecule has 4 radical (unpaired) electrons. The van der Waals surface area contributed by atoms with Crippen molar-refractivity contribution in [1.29, 1.82) is 0 Å². The van der Waals surface area contributed by atoms with Gasteiger partial charge in [0.15, 0.2) is 11.6 Å². The normalized spacial score (nSPS) is 12.1. The summed E-state index contributed by atoms with van der Waals surface area (Å²) < 4.78 is 149. The Bertz CT molecular complexity index is 2940. The Balaban J connectivity index is 0.00000420. The van der Waals surface area contributed by atoms with Crippen LogP contribution in [0.25, 0.3) is 10.8 Å². The number of fused-ring (bicyclic) bond motifs is 1. The molecular formula is C27H20ClFN8Na4O13S4. The molecule has 0 aliphatic rings. The fourth-order valence-corrected chi connectivity index (χ4v) is 7.19. The molecule has 0 aliphatic heterocycles. The summed E-state index contributed by atoms with van der Waals surface area (Å²) >= 11 is 6.11. The van der Waals surface area contributed by atoms with E-state index in [4.69, 9.17) is 17.3 Å². The number of anilines is 3. The molecule has 0 bridgehead atoms. The molecule has 5 rings (SSSR count). The Morgan fingerprint density at radius 2 is 1.21 bits per heavy atom. The molecule has 0 fully saturated rings.